The second-order valence-electron chi connectivity index (χ2n) is 6.93. The molecule has 10 heteroatoms. The second-order valence-corrected chi connectivity index (χ2v) is 8.25. The Morgan fingerprint density at radius 1 is 0.912 bits per heavy atom. The molecule has 0 bridgehead atoms. The van der Waals surface area contributed by atoms with Gasteiger partial charge in [-0.1, -0.05) is 6.07 Å². The third kappa shape index (κ3) is 7.60. The van der Waals surface area contributed by atoms with E-state index in [1.165, 1.54) is 28.4 Å². The average Bonchev–Trinajstić information content (AvgIpc) is 2.85. The van der Waals surface area contributed by atoms with Gasteiger partial charge in [0.2, 0.25) is 5.91 Å². The van der Waals surface area contributed by atoms with E-state index in [2.05, 4.69) is 10.1 Å². The summed E-state index contributed by atoms with van der Waals surface area (Å²) in [6.07, 6.45) is 1.62. The van der Waals surface area contributed by atoms with Crippen LogP contribution in [0.3, 0.4) is 0 Å². The topological polar surface area (TPSA) is 115 Å². The number of ether oxygens (including phenoxy) is 5. The van der Waals surface area contributed by atoms with E-state index in [0.29, 0.717) is 34.2 Å². The molecule has 1 atom stereocenters. The fourth-order valence-corrected chi connectivity index (χ4v) is 3.92. The van der Waals surface area contributed by atoms with Crippen LogP contribution in [0.4, 0.5) is 5.69 Å². The van der Waals surface area contributed by atoms with Gasteiger partial charge in [0.1, 0.15) is 34.2 Å². The highest BCUT2D eigenvalue weighted by molar-refractivity contribution is 7.93. The summed E-state index contributed by atoms with van der Waals surface area (Å²) in [7, 11) is 7.35. The van der Waals surface area contributed by atoms with Crippen LogP contribution in [0, 0.1) is 0 Å². The lowest BCUT2D eigenvalue weighted by Gasteiger charge is -2.14. The zero-order valence-corrected chi connectivity index (χ0v) is 20.7. The largest absolute Gasteiger partial charge is 0.612 e. The molecule has 0 aliphatic heterocycles. The van der Waals surface area contributed by atoms with Gasteiger partial charge in [-0.3, -0.25) is 9.59 Å². The molecule has 0 radical (unpaired) electrons. The highest BCUT2D eigenvalue weighted by atomic mass is 32.2. The number of carbonyl (C=O) groups excluding carboxylic acids is 2. The molecule has 0 saturated heterocycles. The number of esters is 1. The third-order valence-electron chi connectivity index (χ3n) is 4.77. The molecule has 2 aromatic rings. The van der Waals surface area contributed by atoms with E-state index in [-0.39, 0.29) is 24.5 Å². The van der Waals surface area contributed by atoms with Gasteiger partial charge in [0, 0.05) is 30.2 Å². The molecule has 1 amide bonds. The Bertz CT molecular complexity index is 999. The third-order valence-corrected chi connectivity index (χ3v) is 5.83. The lowest BCUT2D eigenvalue weighted by atomic mass is 10.1. The average molecular weight is 492 g/mol. The minimum absolute atomic E-state index is 0.0275. The maximum absolute atomic E-state index is 12.8. The monoisotopic (exact) mass is 491 g/mol. The summed E-state index contributed by atoms with van der Waals surface area (Å²) in [6, 6.07) is 8.56. The van der Waals surface area contributed by atoms with Gasteiger partial charge in [0.15, 0.2) is 0 Å². The number of anilines is 1. The van der Waals surface area contributed by atoms with Crippen LogP contribution >= 0.6 is 0 Å². The Kier molecular flexibility index (Phi) is 10.6. The predicted molar refractivity (Wildman–Crippen MR) is 130 cm³/mol. The molecule has 1 N–H and O–H groups in total. The Balaban J connectivity index is 2.15. The Morgan fingerprint density at radius 3 is 2.12 bits per heavy atom. The number of hydrogen-bond acceptors (Lipinski definition) is 8. The van der Waals surface area contributed by atoms with Gasteiger partial charge >= 0.3 is 5.97 Å². The van der Waals surface area contributed by atoms with E-state index < -0.39 is 17.1 Å². The van der Waals surface area contributed by atoms with Gasteiger partial charge in [0.05, 0.1) is 53.2 Å². The van der Waals surface area contributed by atoms with Crippen molar-refractivity contribution < 1.29 is 37.8 Å². The minimum Gasteiger partial charge on any atom is -0.612 e. The maximum Gasteiger partial charge on any atom is 0.306 e. The molecule has 1 unspecified atom stereocenters. The molecule has 2 rings (SSSR count). The molecule has 9 nitrogen and oxygen atoms in total. The smallest absolute Gasteiger partial charge is 0.306 e. The quantitative estimate of drug-likeness (QED) is 0.354. The van der Waals surface area contributed by atoms with Crippen molar-refractivity contribution in [1.82, 2.24) is 0 Å². The highest BCUT2D eigenvalue weighted by Crippen LogP contribution is 2.35. The normalized spacial score (nSPS) is 11.6. The van der Waals surface area contributed by atoms with Crippen molar-refractivity contribution in [3.05, 3.63) is 46.9 Å². The number of methoxy groups -OCH3 is 5. The summed E-state index contributed by atoms with van der Waals surface area (Å²) in [5.41, 5.74) is 1.78. The number of benzene rings is 2. The van der Waals surface area contributed by atoms with Crippen LogP contribution in [0.15, 0.2) is 35.7 Å². The first kappa shape index (κ1) is 26.9. The van der Waals surface area contributed by atoms with Crippen molar-refractivity contribution in [2.75, 3.05) is 40.9 Å². The predicted octanol–water partition coefficient (Wildman–Crippen LogP) is 3.53. The number of carbonyl (C=O) groups is 2. The van der Waals surface area contributed by atoms with Crippen molar-refractivity contribution in [3.63, 3.8) is 0 Å². The molecule has 0 aliphatic rings. The van der Waals surface area contributed by atoms with Crippen LogP contribution in [-0.4, -0.2) is 52.0 Å². The number of nitrogens with one attached hydrogen (secondary N) is 1. The molecule has 0 fully saturated rings. The van der Waals surface area contributed by atoms with Crippen molar-refractivity contribution in [3.8, 4) is 23.0 Å². The number of hydrogen-bond donors (Lipinski definition) is 1. The summed E-state index contributed by atoms with van der Waals surface area (Å²) in [5, 5.41) is 4.27. The zero-order valence-electron chi connectivity index (χ0n) is 19.8. The van der Waals surface area contributed by atoms with Gasteiger partial charge in [-0.2, -0.15) is 0 Å². The lowest BCUT2D eigenvalue weighted by molar-refractivity contribution is -0.141. The van der Waals surface area contributed by atoms with E-state index in [0.717, 1.165) is 5.56 Å². The van der Waals surface area contributed by atoms with E-state index >= 15 is 0 Å². The Labute approximate surface area is 202 Å². The second kappa shape index (κ2) is 13.4. The van der Waals surface area contributed by atoms with Gasteiger partial charge in [0.25, 0.3) is 0 Å². The van der Waals surface area contributed by atoms with E-state index in [1.54, 1.807) is 48.9 Å². The first-order chi connectivity index (χ1) is 16.3. The molecule has 184 valence electrons. The molecular weight excluding hydrogens is 462 g/mol. The van der Waals surface area contributed by atoms with Crippen molar-refractivity contribution in [1.29, 1.82) is 0 Å². The molecule has 0 aromatic heterocycles. The summed E-state index contributed by atoms with van der Waals surface area (Å²) >= 11 is -1.38. The Hall–Kier alpha value is -3.37. The molecular formula is C24H29NO8S. The molecule has 0 saturated carbocycles. The summed E-state index contributed by atoms with van der Waals surface area (Å²) in [4.78, 5) is 23.4. The fourth-order valence-electron chi connectivity index (χ4n) is 3.03. The molecule has 34 heavy (non-hydrogen) atoms. The van der Waals surface area contributed by atoms with Crippen LogP contribution < -0.4 is 24.3 Å². The fraction of sp³-hybridized carbons (Fsp3) is 0.333. The van der Waals surface area contributed by atoms with Gasteiger partial charge in [-0.25, -0.2) is 0 Å². The van der Waals surface area contributed by atoms with Gasteiger partial charge in [-0.15, -0.1) is 0 Å². The number of amides is 1. The van der Waals surface area contributed by atoms with Crippen LogP contribution in [0.2, 0.25) is 0 Å². The number of rotatable bonds is 12. The van der Waals surface area contributed by atoms with Crippen molar-refractivity contribution in [2.24, 2.45) is 0 Å². The maximum atomic E-state index is 12.8. The lowest BCUT2D eigenvalue weighted by Crippen LogP contribution is -2.15. The molecule has 0 spiro atoms. The highest BCUT2D eigenvalue weighted by Gasteiger charge is 2.15. The molecule has 0 aliphatic carbocycles. The van der Waals surface area contributed by atoms with Crippen molar-refractivity contribution >= 4 is 34.8 Å². The zero-order chi connectivity index (χ0) is 25.1. The minimum atomic E-state index is -1.38. The summed E-state index contributed by atoms with van der Waals surface area (Å²) < 4.78 is 38.7. The van der Waals surface area contributed by atoms with E-state index in [1.807, 2.05) is 0 Å². The first-order valence-electron chi connectivity index (χ1n) is 10.2. The van der Waals surface area contributed by atoms with Gasteiger partial charge < -0.3 is 33.6 Å². The SMILES string of the molecule is COC(=O)CCC(=O)Nc1cc(C[S+]([O-])C=Cc2c(OC)cc(OC)cc2OC)ccc1OC. The van der Waals surface area contributed by atoms with Crippen molar-refractivity contribution in [2.45, 2.75) is 18.6 Å². The van der Waals surface area contributed by atoms with Crippen LogP contribution in [-0.2, 0) is 31.3 Å². The van der Waals surface area contributed by atoms with Crippen LogP contribution in [0.5, 0.6) is 23.0 Å². The van der Waals surface area contributed by atoms with Crippen LogP contribution in [0.25, 0.3) is 6.08 Å². The molecule has 0 heterocycles. The Morgan fingerprint density at radius 2 is 1.56 bits per heavy atom. The van der Waals surface area contributed by atoms with E-state index in [9.17, 15) is 14.1 Å². The standard InChI is InChI=1S/C24H29NO8S/c1-29-17-13-21(31-3)18(22(14-17)32-4)10-11-34(28)15-16-6-7-20(30-2)19(12-16)25-23(26)8-9-24(27)33-5/h6-7,10-14H,8-9,15H2,1-5H3,(H,25,26). The van der Waals surface area contributed by atoms with Gasteiger partial charge in [-0.05, 0) is 23.3 Å². The van der Waals surface area contributed by atoms with Crippen LogP contribution in [0.1, 0.15) is 24.0 Å². The van der Waals surface area contributed by atoms with E-state index in [4.69, 9.17) is 18.9 Å². The summed E-state index contributed by atoms with van der Waals surface area (Å²) in [5.74, 6) is 1.43. The molecule has 2 aromatic carbocycles. The first-order valence-corrected chi connectivity index (χ1v) is 11.6. The summed E-state index contributed by atoms with van der Waals surface area (Å²) in [6.45, 7) is 0.